The van der Waals surface area contributed by atoms with Crippen LogP contribution in [0.1, 0.15) is 19.3 Å². The number of phenolic OH excluding ortho intramolecular Hbond substituents is 1. The van der Waals surface area contributed by atoms with E-state index < -0.39 is 5.60 Å². The fraction of sp³-hybridized carbons (Fsp3) is 0.500. The molecule has 1 aromatic carbocycles. The third-order valence-corrected chi connectivity index (χ3v) is 3.11. The molecule has 1 fully saturated rings. The molecule has 1 aromatic rings. The standard InChI is InChI=1S/C12H17NO2/c1-13(9-12(15)7-2-8-12)10-3-5-11(14)6-4-10/h3-6,14-15H,2,7-9H2,1H3. The van der Waals surface area contributed by atoms with Gasteiger partial charge in [0.05, 0.1) is 5.60 Å². The highest BCUT2D eigenvalue weighted by Crippen LogP contribution is 2.33. The topological polar surface area (TPSA) is 43.7 Å². The lowest BCUT2D eigenvalue weighted by molar-refractivity contribution is -0.0247. The summed E-state index contributed by atoms with van der Waals surface area (Å²) in [7, 11) is 1.96. The van der Waals surface area contributed by atoms with E-state index >= 15 is 0 Å². The highest BCUT2D eigenvalue weighted by Gasteiger charge is 2.35. The highest BCUT2D eigenvalue weighted by atomic mass is 16.3. The fourth-order valence-electron chi connectivity index (χ4n) is 1.98. The fourth-order valence-corrected chi connectivity index (χ4v) is 1.98. The molecule has 0 spiro atoms. The summed E-state index contributed by atoms with van der Waals surface area (Å²) in [5, 5.41) is 19.2. The number of aromatic hydroxyl groups is 1. The maximum Gasteiger partial charge on any atom is 0.115 e. The number of nitrogens with zero attached hydrogens (tertiary/aromatic N) is 1. The lowest BCUT2D eigenvalue weighted by Crippen LogP contribution is -2.46. The van der Waals surface area contributed by atoms with E-state index in [1.807, 2.05) is 24.1 Å². The van der Waals surface area contributed by atoms with E-state index in [1.165, 1.54) is 0 Å². The molecule has 0 bridgehead atoms. The molecule has 82 valence electrons. The van der Waals surface area contributed by atoms with Gasteiger partial charge in [0, 0.05) is 19.3 Å². The molecule has 15 heavy (non-hydrogen) atoms. The highest BCUT2D eigenvalue weighted by molar-refractivity contribution is 5.48. The van der Waals surface area contributed by atoms with Crippen molar-refractivity contribution in [1.82, 2.24) is 0 Å². The lowest BCUT2D eigenvalue weighted by atomic mass is 9.80. The van der Waals surface area contributed by atoms with Gasteiger partial charge in [0.1, 0.15) is 5.75 Å². The van der Waals surface area contributed by atoms with Crippen LogP contribution < -0.4 is 4.90 Å². The first-order valence-corrected chi connectivity index (χ1v) is 5.32. The maximum atomic E-state index is 10.0. The summed E-state index contributed by atoms with van der Waals surface area (Å²) in [5.41, 5.74) is 0.528. The molecular formula is C12H17NO2. The number of benzene rings is 1. The molecule has 0 heterocycles. The summed E-state index contributed by atoms with van der Waals surface area (Å²) in [5.74, 6) is 0.273. The Morgan fingerprint density at radius 1 is 1.27 bits per heavy atom. The second kappa shape index (κ2) is 3.74. The largest absolute Gasteiger partial charge is 0.508 e. The van der Waals surface area contributed by atoms with E-state index in [1.54, 1.807) is 12.1 Å². The van der Waals surface area contributed by atoms with Gasteiger partial charge in [-0.05, 0) is 43.5 Å². The van der Waals surface area contributed by atoms with Crippen LogP contribution in [0.15, 0.2) is 24.3 Å². The Bertz CT molecular complexity index is 330. The van der Waals surface area contributed by atoms with Gasteiger partial charge in [-0.1, -0.05) is 0 Å². The number of hydrogen-bond acceptors (Lipinski definition) is 3. The predicted octanol–water partition coefficient (Wildman–Crippen LogP) is 1.74. The average Bonchev–Trinajstić information content (AvgIpc) is 2.16. The van der Waals surface area contributed by atoms with E-state index in [4.69, 9.17) is 5.11 Å². The number of anilines is 1. The van der Waals surface area contributed by atoms with Crippen LogP contribution in [0, 0.1) is 0 Å². The Morgan fingerprint density at radius 2 is 1.87 bits per heavy atom. The third kappa shape index (κ3) is 2.23. The summed E-state index contributed by atoms with van der Waals surface area (Å²) >= 11 is 0. The van der Waals surface area contributed by atoms with Gasteiger partial charge in [-0.15, -0.1) is 0 Å². The predicted molar refractivity (Wildman–Crippen MR) is 60.2 cm³/mol. The molecular weight excluding hydrogens is 190 g/mol. The zero-order valence-corrected chi connectivity index (χ0v) is 8.98. The molecule has 0 aromatic heterocycles. The maximum absolute atomic E-state index is 10.0. The minimum atomic E-state index is -0.493. The van der Waals surface area contributed by atoms with Crippen molar-refractivity contribution < 1.29 is 10.2 Å². The first-order valence-electron chi connectivity index (χ1n) is 5.32. The van der Waals surface area contributed by atoms with Gasteiger partial charge in [0.15, 0.2) is 0 Å². The smallest absolute Gasteiger partial charge is 0.115 e. The van der Waals surface area contributed by atoms with Crippen LogP contribution in [0.25, 0.3) is 0 Å². The average molecular weight is 207 g/mol. The Balaban J connectivity index is 2.01. The summed E-state index contributed by atoms with van der Waals surface area (Å²) in [6.45, 7) is 0.664. The lowest BCUT2D eigenvalue weighted by Gasteiger charge is -2.40. The normalized spacial score (nSPS) is 18.3. The summed E-state index contributed by atoms with van der Waals surface area (Å²) in [6.07, 6.45) is 2.92. The zero-order chi connectivity index (χ0) is 10.9. The van der Waals surface area contributed by atoms with Crippen LogP contribution in [0.4, 0.5) is 5.69 Å². The minimum absolute atomic E-state index is 0.273. The van der Waals surface area contributed by atoms with Crippen LogP contribution in [-0.2, 0) is 0 Å². The van der Waals surface area contributed by atoms with E-state index in [0.717, 1.165) is 24.9 Å². The molecule has 2 rings (SSSR count). The number of likely N-dealkylation sites (N-methyl/N-ethyl adjacent to an activating group) is 1. The van der Waals surface area contributed by atoms with Crippen LogP contribution in [0.5, 0.6) is 5.75 Å². The van der Waals surface area contributed by atoms with E-state index in [2.05, 4.69) is 0 Å². The van der Waals surface area contributed by atoms with Crippen molar-refractivity contribution in [3.63, 3.8) is 0 Å². The molecule has 0 aliphatic heterocycles. The van der Waals surface area contributed by atoms with Crippen molar-refractivity contribution in [2.75, 3.05) is 18.5 Å². The van der Waals surface area contributed by atoms with Crippen molar-refractivity contribution in [2.24, 2.45) is 0 Å². The zero-order valence-electron chi connectivity index (χ0n) is 8.98. The third-order valence-electron chi connectivity index (χ3n) is 3.11. The van der Waals surface area contributed by atoms with E-state index in [-0.39, 0.29) is 5.75 Å². The van der Waals surface area contributed by atoms with Gasteiger partial charge in [0.25, 0.3) is 0 Å². The van der Waals surface area contributed by atoms with Gasteiger partial charge in [-0.3, -0.25) is 0 Å². The molecule has 0 saturated heterocycles. The Morgan fingerprint density at radius 3 is 2.33 bits per heavy atom. The molecule has 1 saturated carbocycles. The number of aliphatic hydroxyl groups is 1. The molecule has 0 amide bonds. The van der Waals surface area contributed by atoms with Crippen molar-refractivity contribution in [3.05, 3.63) is 24.3 Å². The van der Waals surface area contributed by atoms with Crippen LogP contribution in [0.3, 0.4) is 0 Å². The number of rotatable bonds is 3. The summed E-state index contributed by atoms with van der Waals surface area (Å²) in [4.78, 5) is 2.03. The molecule has 0 atom stereocenters. The summed E-state index contributed by atoms with van der Waals surface area (Å²) < 4.78 is 0. The van der Waals surface area contributed by atoms with Crippen LogP contribution >= 0.6 is 0 Å². The van der Waals surface area contributed by atoms with Crippen molar-refractivity contribution in [2.45, 2.75) is 24.9 Å². The van der Waals surface area contributed by atoms with Gasteiger partial charge >= 0.3 is 0 Å². The quantitative estimate of drug-likeness (QED) is 0.793. The Hall–Kier alpha value is -1.22. The van der Waals surface area contributed by atoms with Gasteiger partial charge in [-0.25, -0.2) is 0 Å². The monoisotopic (exact) mass is 207 g/mol. The van der Waals surface area contributed by atoms with Crippen LogP contribution in [0.2, 0.25) is 0 Å². The number of hydrogen-bond donors (Lipinski definition) is 2. The molecule has 1 aliphatic rings. The first-order chi connectivity index (χ1) is 7.09. The molecule has 3 heteroatoms. The molecule has 3 nitrogen and oxygen atoms in total. The Kier molecular flexibility index (Phi) is 2.57. The molecule has 0 radical (unpaired) electrons. The van der Waals surface area contributed by atoms with Crippen molar-refractivity contribution in [3.8, 4) is 5.75 Å². The second-order valence-electron chi connectivity index (χ2n) is 4.45. The number of phenols is 1. The second-order valence-corrected chi connectivity index (χ2v) is 4.45. The molecule has 0 unspecified atom stereocenters. The van der Waals surface area contributed by atoms with E-state index in [9.17, 15) is 5.11 Å². The molecule has 1 aliphatic carbocycles. The first kappa shape index (κ1) is 10.3. The van der Waals surface area contributed by atoms with Gasteiger partial charge in [0.2, 0.25) is 0 Å². The Labute approximate surface area is 90.0 Å². The SMILES string of the molecule is CN(CC1(O)CCC1)c1ccc(O)cc1. The summed E-state index contributed by atoms with van der Waals surface area (Å²) in [6, 6.07) is 7.04. The minimum Gasteiger partial charge on any atom is -0.508 e. The van der Waals surface area contributed by atoms with Crippen molar-refractivity contribution >= 4 is 5.69 Å². The van der Waals surface area contributed by atoms with Gasteiger partial charge in [-0.2, -0.15) is 0 Å². The van der Waals surface area contributed by atoms with Crippen LogP contribution in [-0.4, -0.2) is 29.4 Å². The van der Waals surface area contributed by atoms with E-state index in [0.29, 0.717) is 6.54 Å². The van der Waals surface area contributed by atoms with Crippen molar-refractivity contribution in [1.29, 1.82) is 0 Å². The molecule has 2 N–H and O–H groups in total. The van der Waals surface area contributed by atoms with Gasteiger partial charge < -0.3 is 15.1 Å².